The summed E-state index contributed by atoms with van der Waals surface area (Å²) >= 11 is 0. The fourth-order valence-electron chi connectivity index (χ4n) is 5.41. The zero-order chi connectivity index (χ0) is 25.3. The highest BCUT2D eigenvalue weighted by Crippen LogP contribution is 2.36. The van der Waals surface area contributed by atoms with Gasteiger partial charge >= 0.3 is 0 Å². The maximum Gasteiger partial charge on any atom is 0.0602 e. The summed E-state index contributed by atoms with van der Waals surface area (Å²) in [6, 6.07) is 46.1. The van der Waals surface area contributed by atoms with Crippen molar-refractivity contribution in [2.45, 2.75) is 0 Å². The van der Waals surface area contributed by atoms with Crippen molar-refractivity contribution in [1.82, 2.24) is 5.32 Å². The van der Waals surface area contributed by atoms with Crippen LogP contribution in [0.1, 0.15) is 5.56 Å². The molecule has 0 saturated heterocycles. The van der Waals surface area contributed by atoms with E-state index in [9.17, 15) is 0 Å². The summed E-state index contributed by atoms with van der Waals surface area (Å²) in [6.07, 6.45) is 3.75. The SMILES string of the molecule is C1=NC=C(c2ccc(-c3cccc(-c4ccc(-c5cc6ccccc6c6ccccc56)cc4)c3)cc2)NC1. The van der Waals surface area contributed by atoms with Crippen molar-refractivity contribution in [2.75, 3.05) is 6.54 Å². The first kappa shape index (κ1) is 22.3. The average Bonchev–Trinajstić information content (AvgIpc) is 3.01. The minimum Gasteiger partial charge on any atom is -0.378 e. The van der Waals surface area contributed by atoms with Gasteiger partial charge in [0.1, 0.15) is 0 Å². The van der Waals surface area contributed by atoms with Crippen LogP contribution in [0, 0.1) is 0 Å². The van der Waals surface area contributed by atoms with E-state index >= 15 is 0 Å². The van der Waals surface area contributed by atoms with Gasteiger partial charge in [0.25, 0.3) is 0 Å². The zero-order valence-electron chi connectivity index (χ0n) is 20.9. The van der Waals surface area contributed by atoms with Crippen LogP contribution in [0.25, 0.3) is 60.6 Å². The largest absolute Gasteiger partial charge is 0.378 e. The Kier molecular flexibility index (Phi) is 5.56. The van der Waals surface area contributed by atoms with Crippen molar-refractivity contribution in [3.8, 4) is 33.4 Å². The van der Waals surface area contributed by atoms with E-state index in [4.69, 9.17) is 0 Å². The molecule has 1 aliphatic rings. The van der Waals surface area contributed by atoms with Crippen LogP contribution in [-0.2, 0) is 0 Å². The Bertz CT molecular complexity index is 1840. The highest BCUT2D eigenvalue weighted by molar-refractivity contribution is 6.13. The second-order valence-corrected chi connectivity index (χ2v) is 9.68. The molecule has 1 aliphatic heterocycles. The van der Waals surface area contributed by atoms with Gasteiger partial charge in [-0.25, -0.2) is 0 Å². The number of benzene rings is 6. The van der Waals surface area contributed by atoms with E-state index in [2.05, 4.69) is 138 Å². The van der Waals surface area contributed by atoms with Gasteiger partial charge in [-0.05, 0) is 72.6 Å². The first-order valence-electron chi connectivity index (χ1n) is 13.0. The summed E-state index contributed by atoms with van der Waals surface area (Å²) in [5.41, 5.74) is 9.56. The van der Waals surface area contributed by atoms with Gasteiger partial charge in [-0.3, -0.25) is 4.99 Å². The molecular weight excluding hydrogens is 460 g/mol. The van der Waals surface area contributed by atoms with E-state index < -0.39 is 0 Å². The molecule has 2 heteroatoms. The second kappa shape index (κ2) is 9.49. The van der Waals surface area contributed by atoms with Crippen LogP contribution in [0.4, 0.5) is 0 Å². The quantitative estimate of drug-likeness (QED) is 0.247. The molecule has 180 valence electrons. The smallest absolute Gasteiger partial charge is 0.0602 e. The molecule has 0 amide bonds. The van der Waals surface area contributed by atoms with Gasteiger partial charge in [0.15, 0.2) is 0 Å². The van der Waals surface area contributed by atoms with Gasteiger partial charge in [0.05, 0.1) is 18.4 Å². The number of rotatable bonds is 4. The minimum absolute atomic E-state index is 0.769. The Morgan fingerprint density at radius 3 is 1.76 bits per heavy atom. The lowest BCUT2D eigenvalue weighted by Gasteiger charge is -2.13. The number of aliphatic imine (C=N–C) groups is 1. The van der Waals surface area contributed by atoms with E-state index in [1.165, 1.54) is 54.9 Å². The molecule has 6 aromatic rings. The van der Waals surface area contributed by atoms with Gasteiger partial charge < -0.3 is 5.32 Å². The number of hydrogen-bond donors (Lipinski definition) is 1. The van der Waals surface area contributed by atoms with Crippen molar-refractivity contribution in [3.63, 3.8) is 0 Å². The van der Waals surface area contributed by atoms with Crippen LogP contribution in [0.2, 0.25) is 0 Å². The van der Waals surface area contributed by atoms with Gasteiger partial charge in [-0.2, -0.15) is 0 Å². The van der Waals surface area contributed by atoms with E-state index in [1.54, 1.807) is 0 Å². The van der Waals surface area contributed by atoms with E-state index in [-0.39, 0.29) is 0 Å². The summed E-state index contributed by atoms with van der Waals surface area (Å²) in [4.78, 5) is 4.26. The van der Waals surface area contributed by atoms with Crippen LogP contribution in [-0.4, -0.2) is 12.8 Å². The second-order valence-electron chi connectivity index (χ2n) is 9.68. The number of fused-ring (bicyclic) bond motifs is 3. The standard InChI is InChI=1S/C36H26N2/c1-2-9-32-31(6-1)23-35(34-11-4-3-10-33(32)34)27-16-12-25(13-17-27)29-7-5-8-30(22-29)26-14-18-28(19-15-26)36-24-37-20-21-38-36/h1-20,22-24,38H,21H2. The highest BCUT2D eigenvalue weighted by atomic mass is 14.9. The number of nitrogens with one attached hydrogen (secondary N) is 1. The van der Waals surface area contributed by atoms with E-state index in [0.29, 0.717) is 0 Å². The molecular formula is C36H26N2. The monoisotopic (exact) mass is 486 g/mol. The summed E-state index contributed by atoms with van der Waals surface area (Å²) in [7, 11) is 0. The molecule has 0 saturated carbocycles. The lowest BCUT2D eigenvalue weighted by Crippen LogP contribution is -2.17. The van der Waals surface area contributed by atoms with Crippen molar-refractivity contribution in [2.24, 2.45) is 4.99 Å². The third-order valence-corrected chi connectivity index (χ3v) is 7.38. The summed E-state index contributed by atoms with van der Waals surface area (Å²) in [5.74, 6) is 0. The summed E-state index contributed by atoms with van der Waals surface area (Å²) in [6.45, 7) is 0.769. The predicted molar refractivity (Wildman–Crippen MR) is 162 cm³/mol. The van der Waals surface area contributed by atoms with Crippen molar-refractivity contribution < 1.29 is 0 Å². The Morgan fingerprint density at radius 1 is 0.474 bits per heavy atom. The van der Waals surface area contributed by atoms with Gasteiger partial charge in [0.2, 0.25) is 0 Å². The molecule has 0 spiro atoms. The molecule has 2 nitrogen and oxygen atoms in total. The fourth-order valence-corrected chi connectivity index (χ4v) is 5.41. The first-order chi connectivity index (χ1) is 18.8. The highest BCUT2D eigenvalue weighted by Gasteiger charge is 2.09. The number of hydrogen-bond acceptors (Lipinski definition) is 2. The Morgan fingerprint density at radius 2 is 1.08 bits per heavy atom. The molecule has 38 heavy (non-hydrogen) atoms. The first-order valence-corrected chi connectivity index (χ1v) is 13.0. The van der Waals surface area contributed by atoms with Crippen LogP contribution in [0.3, 0.4) is 0 Å². The predicted octanol–water partition coefficient (Wildman–Crippen LogP) is 8.97. The molecule has 0 radical (unpaired) electrons. The Labute approximate surface area is 222 Å². The zero-order valence-corrected chi connectivity index (χ0v) is 20.9. The molecule has 0 fully saturated rings. The van der Waals surface area contributed by atoms with Crippen molar-refractivity contribution >= 4 is 33.5 Å². The maximum absolute atomic E-state index is 4.26. The average molecular weight is 487 g/mol. The van der Waals surface area contributed by atoms with Crippen LogP contribution < -0.4 is 5.32 Å². The molecule has 0 aliphatic carbocycles. The molecule has 0 atom stereocenters. The Balaban J connectivity index is 1.21. The van der Waals surface area contributed by atoms with Crippen LogP contribution >= 0.6 is 0 Å². The van der Waals surface area contributed by atoms with Gasteiger partial charge in [0, 0.05) is 6.21 Å². The molecule has 1 heterocycles. The lowest BCUT2D eigenvalue weighted by atomic mass is 9.92. The molecule has 0 unspecified atom stereocenters. The molecule has 0 aromatic heterocycles. The summed E-state index contributed by atoms with van der Waals surface area (Å²) < 4.78 is 0. The summed E-state index contributed by atoms with van der Waals surface area (Å²) in [5, 5.41) is 8.53. The molecule has 1 N–H and O–H groups in total. The molecule has 7 rings (SSSR count). The van der Waals surface area contributed by atoms with Crippen molar-refractivity contribution in [1.29, 1.82) is 0 Å². The Hall–Kier alpha value is -4.95. The third kappa shape index (κ3) is 4.07. The minimum atomic E-state index is 0.769. The normalized spacial score (nSPS) is 12.9. The van der Waals surface area contributed by atoms with Crippen molar-refractivity contribution in [3.05, 3.63) is 139 Å². The maximum atomic E-state index is 4.26. The lowest BCUT2D eigenvalue weighted by molar-refractivity contribution is 1.03. The van der Waals surface area contributed by atoms with E-state index in [0.717, 1.165) is 17.8 Å². The third-order valence-electron chi connectivity index (χ3n) is 7.38. The van der Waals surface area contributed by atoms with Crippen LogP contribution in [0.15, 0.2) is 139 Å². The van der Waals surface area contributed by atoms with Gasteiger partial charge in [-0.15, -0.1) is 0 Å². The topological polar surface area (TPSA) is 24.4 Å². The molecule has 0 bridgehead atoms. The van der Waals surface area contributed by atoms with E-state index in [1.807, 2.05) is 12.4 Å². The fraction of sp³-hybridized carbons (Fsp3) is 0.0278. The van der Waals surface area contributed by atoms with Gasteiger partial charge in [-0.1, -0.05) is 115 Å². The number of nitrogens with zero attached hydrogens (tertiary/aromatic N) is 1. The van der Waals surface area contributed by atoms with Crippen LogP contribution in [0.5, 0.6) is 0 Å². The molecule has 6 aromatic carbocycles.